The number of rotatable bonds is 4. The van der Waals surface area contributed by atoms with E-state index in [-0.39, 0.29) is 0 Å². The minimum atomic E-state index is -0.418. The van der Waals surface area contributed by atoms with E-state index in [2.05, 4.69) is 4.98 Å². The Kier molecular flexibility index (Phi) is 3.39. The first kappa shape index (κ1) is 11.6. The number of methoxy groups -OCH3 is 1. The lowest BCUT2D eigenvalue weighted by Crippen LogP contribution is -2.14. The molecule has 1 aromatic heterocycles. The maximum atomic E-state index is 11.6. The molecule has 0 aliphatic carbocycles. The zero-order chi connectivity index (χ0) is 12.3. The number of aromatic nitrogens is 2. The molecule has 17 heavy (non-hydrogen) atoms. The Labute approximate surface area is 99.2 Å². The van der Waals surface area contributed by atoms with Crippen LogP contribution < -0.4 is 5.73 Å². The van der Waals surface area contributed by atoms with Gasteiger partial charge in [-0.15, -0.1) is 0 Å². The van der Waals surface area contributed by atoms with Crippen LogP contribution in [0.15, 0.2) is 24.3 Å². The molecule has 2 N–H and O–H groups in total. The number of aryl methyl sites for hydroxylation is 1. The fraction of sp³-hybridized carbons (Fsp3) is 0.333. The highest BCUT2D eigenvalue weighted by atomic mass is 16.5. The first-order valence-corrected chi connectivity index (χ1v) is 5.51. The zero-order valence-electron chi connectivity index (χ0n) is 9.72. The number of nitrogens with two attached hydrogens (primary N) is 1. The smallest absolute Gasteiger partial charge is 0.374 e. The van der Waals surface area contributed by atoms with Gasteiger partial charge in [-0.25, -0.2) is 9.78 Å². The van der Waals surface area contributed by atoms with Crippen LogP contribution in [0.3, 0.4) is 0 Å². The minimum Gasteiger partial charge on any atom is -0.463 e. The molecule has 0 fully saturated rings. The second-order valence-electron chi connectivity index (χ2n) is 3.71. The molecule has 5 nitrogen and oxygen atoms in total. The highest BCUT2D eigenvalue weighted by Gasteiger charge is 2.17. The van der Waals surface area contributed by atoms with E-state index in [1.807, 2.05) is 28.8 Å². The van der Waals surface area contributed by atoms with Gasteiger partial charge in [0, 0.05) is 6.54 Å². The Morgan fingerprint density at radius 3 is 2.94 bits per heavy atom. The van der Waals surface area contributed by atoms with Crippen molar-refractivity contribution in [2.75, 3.05) is 13.7 Å². The molecule has 0 spiro atoms. The van der Waals surface area contributed by atoms with Crippen LogP contribution in [0.25, 0.3) is 11.0 Å². The zero-order valence-corrected chi connectivity index (χ0v) is 9.72. The van der Waals surface area contributed by atoms with Crippen LogP contribution in [-0.4, -0.2) is 29.2 Å². The maximum Gasteiger partial charge on any atom is 0.374 e. The predicted octanol–water partition coefficient (Wildman–Crippen LogP) is 1.17. The average Bonchev–Trinajstić information content (AvgIpc) is 2.74. The van der Waals surface area contributed by atoms with Gasteiger partial charge < -0.3 is 15.0 Å². The largest absolute Gasteiger partial charge is 0.463 e. The van der Waals surface area contributed by atoms with E-state index in [1.54, 1.807) is 0 Å². The van der Waals surface area contributed by atoms with Crippen molar-refractivity contribution in [3.63, 3.8) is 0 Å². The Balaban J connectivity index is 2.52. The van der Waals surface area contributed by atoms with Gasteiger partial charge in [-0.05, 0) is 25.1 Å². The number of hydrogen-bond donors (Lipinski definition) is 1. The number of imidazole rings is 1. The maximum absolute atomic E-state index is 11.6. The van der Waals surface area contributed by atoms with Crippen LogP contribution in [0.5, 0.6) is 0 Å². The highest BCUT2D eigenvalue weighted by Crippen LogP contribution is 2.16. The number of carbonyl (C=O) groups is 1. The van der Waals surface area contributed by atoms with Gasteiger partial charge in [-0.2, -0.15) is 0 Å². The third kappa shape index (κ3) is 2.14. The number of ether oxygens (including phenoxy) is 1. The summed E-state index contributed by atoms with van der Waals surface area (Å²) in [6.45, 7) is 1.24. The second-order valence-corrected chi connectivity index (χ2v) is 3.71. The number of benzene rings is 1. The molecule has 0 aliphatic rings. The quantitative estimate of drug-likeness (QED) is 0.805. The molecule has 0 amide bonds. The number of fused-ring (bicyclic) bond motifs is 1. The molecule has 0 aliphatic heterocycles. The molecule has 90 valence electrons. The van der Waals surface area contributed by atoms with Crippen LogP contribution in [-0.2, 0) is 11.3 Å². The lowest BCUT2D eigenvalue weighted by Gasteiger charge is -2.06. The Bertz CT molecular complexity index is 534. The summed E-state index contributed by atoms with van der Waals surface area (Å²) in [5.41, 5.74) is 7.23. The molecular formula is C12H15N3O2. The molecular weight excluding hydrogens is 218 g/mol. The first-order chi connectivity index (χ1) is 8.27. The van der Waals surface area contributed by atoms with Crippen molar-refractivity contribution in [1.29, 1.82) is 0 Å². The summed E-state index contributed by atoms with van der Waals surface area (Å²) in [6, 6.07) is 7.62. The van der Waals surface area contributed by atoms with Gasteiger partial charge in [-0.3, -0.25) is 0 Å². The molecule has 1 aromatic carbocycles. The van der Waals surface area contributed by atoms with Crippen LogP contribution in [0.2, 0.25) is 0 Å². The van der Waals surface area contributed by atoms with Crippen LogP contribution in [0.1, 0.15) is 17.0 Å². The van der Waals surface area contributed by atoms with Crippen molar-refractivity contribution in [2.24, 2.45) is 5.73 Å². The summed E-state index contributed by atoms with van der Waals surface area (Å²) < 4.78 is 6.59. The fourth-order valence-corrected chi connectivity index (χ4v) is 1.80. The summed E-state index contributed by atoms with van der Waals surface area (Å²) >= 11 is 0. The van der Waals surface area contributed by atoms with Gasteiger partial charge in [0.1, 0.15) is 0 Å². The first-order valence-electron chi connectivity index (χ1n) is 5.51. The molecule has 0 saturated heterocycles. The third-order valence-corrected chi connectivity index (χ3v) is 2.61. The number of carbonyl (C=O) groups excluding carboxylic acids is 1. The molecule has 0 bridgehead atoms. The molecule has 0 unspecified atom stereocenters. The van der Waals surface area contributed by atoms with Gasteiger partial charge in [-0.1, -0.05) is 12.1 Å². The highest BCUT2D eigenvalue weighted by molar-refractivity contribution is 5.91. The summed E-state index contributed by atoms with van der Waals surface area (Å²) in [6.07, 6.45) is 0.796. The summed E-state index contributed by atoms with van der Waals surface area (Å²) in [5, 5.41) is 0. The fourth-order valence-electron chi connectivity index (χ4n) is 1.80. The summed E-state index contributed by atoms with van der Waals surface area (Å²) in [7, 11) is 1.36. The van der Waals surface area contributed by atoms with Crippen molar-refractivity contribution in [1.82, 2.24) is 9.55 Å². The standard InChI is InChI=1S/C12H15N3O2/c1-17-12(16)11-14-9-5-2-3-6-10(9)15(11)8-4-7-13/h2-3,5-6H,4,7-8,13H2,1H3. The topological polar surface area (TPSA) is 70.1 Å². The van der Waals surface area contributed by atoms with Crippen molar-refractivity contribution in [3.8, 4) is 0 Å². The van der Waals surface area contributed by atoms with E-state index >= 15 is 0 Å². The van der Waals surface area contributed by atoms with E-state index in [1.165, 1.54) is 7.11 Å². The molecule has 2 rings (SSSR count). The lowest BCUT2D eigenvalue weighted by molar-refractivity contribution is 0.0581. The normalized spacial score (nSPS) is 10.7. The number of esters is 1. The summed E-state index contributed by atoms with van der Waals surface area (Å²) in [5.74, 6) is -0.0830. The number of hydrogen-bond acceptors (Lipinski definition) is 4. The van der Waals surface area contributed by atoms with Gasteiger partial charge >= 0.3 is 5.97 Å². The Hall–Kier alpha value is -1.88. The average molecular weight is 233 g/mol. The molecule has 2 aromatic rings. The van der Waals surface area contributed by atoms with E-state index in [4.69, 9.17) is 10.5 Å². The van der Waals surface area contributed by atoms with Crippen molar-refractivity contribution in [2.45, 2.75) is 13.0 Å². The van der Waals surface area contributed by atoms with Crippen molar-refractivity contribution >= 4 is 17.0 Å². The van der Waals surface area contributed by atoms with E-state index in [0.717, 1.165) is 17.5 Å². The molecule has 0 saturated carbocycles. The lowest BCUT2D eigenvalue weighted by atomic mass is 10.3. The summed E-state index contributed by atoms with van der Waals surface area (Å²) in [4.78, 5) is 15.9. The van der Waals surface area contributed by atoms with Crippen LogP contribution >= 0.6 is 0 Å². The SMILES string of the molecule is COC(=O)c1nc2ccccc2n1CCCN. The molecule has 1 heterocycles. The Morgan fingerprint density at radius 1 is 1.47 bits per heavy atom. The van der Waals surface area contributed by atoms with Crippen molar-refractivity contribution in [3.05, 3.63) is 30.1 Å². The van der Waals surface area contributed by atoms with Gasteiger partial charge in [0.25, 0.3) is 0 Å². The minimum absolute atomic E-state index is 0.335. The second kappa shape index (κ2) is 4.97. The third-order valence-electron chi connectivity index (χ3n) is 2.61. The van der Waals surface area contributed by atoms with Crippen LogP contribution in [0, 0.1) is 0 Å². The van der Waals surface area contributed by atoms with Gasteiger partial charge in [0.05, 0.1) is 18.1 Å². The number of nitrogens with zero attached hydrogens (tertiary/aromatic N) is 2. The molecule has 5 heteroatoms. The number of para-hydroxylation sites is 2. The van der Waals surface area contributed by atoms with E-state index < -0.39 is 5.97 Å². The Morgan fingerprint density at radius 2 is 2.24 bits per heavy atom. The molecule has 0 radical (unpaired) electrons. The van der Waals surface area contributed by atoms with Gasteiger partial charge in [0.2, 0.25) is 5.82 Å². The predicted molar refractivity (Wildman–Crippen MR) is 64.7 cm³/mol. The monoisotopic (exact) mass is 233 g/mol. The van der Waals surface area contributed by atoms with Gasteiger partial charge in [0.15, 0.2) is 0 Å². The van der Waals surface area contributed by atoms with E-state index in [9.17, 15) is 4.79 Å². The van der Waals surface area contributed by atoms with Crippen molar-refractivity contribution < 1.29 is 9.53 Å². The van der Waals surface area contributed by atoms with Crippen LogP contribution in [0.4, 0.5) is 0 Å². The molecule has 0 atom stereocenters. The van der Waals surface area contributed by atoms with E-state index in [0.29, 0.717) is 18.9 Å².